The zero-order chi connectivity index (χ0) is 25.2. The number of halogens is 1. The number of nitrogens with zero attached hydrogens (tertiary/aromatic N) is 2. The number of fused-ring (bicyclic) bond motifs is 1. The fourth-order valence-electron chi connectivity index (χ4n) is 4.07. The first-order valence-electron chi connectivity index (χ1n) is 12.2. The highest BCUT2D eigenvalue weighted by Gasteiger charge is 2.30. The number of carbonyl (C=O) groups excluding carboxylic acids is 1. The number of hydrogen-bond donors (Lipinski definition) is 2. The molecule has 1 atom stereocenters. The Kier molecular flexibility index (Phi) is 10.5. The van der Waals surface area contributed by atoms with Gasteiger partial charge in [0.1, 0.15) is 11.7 Å². The van der Waals surface area contributed by atoms with E-state index in [0.717, 1.165) is 32.4 Å². The maximum Gasteiger partial charge on any atom is 0.414 e. The molecule has 3 rings (SSSR count). The van der Waals surface area contributed by atoms with Gasteiger partial charge in [-0.15, -0.1) is 0 Å². The number of morpholine rings is 1. The van der Waals surface area contributed by atoms with Crippen molar-refractivity contribution in [2.75, 3.05) is 50.9 Å². The Morgan fingerprint density at radius 2 is 2.09 bits per heavy atom. The van der Waals surface area contributed by atoms with Gasteiger partial charge in [-0.2, -0.15) is 0 Å². The fourth-order valence-corrected chi connectivity index (χ4v) is 4.24. The molecule has 0 spiro atoms. The van der Waals surface area contributed by atoms with Gasteiger partial charge < -0.3 is 24.7 Å². The molecule has 8 nitrogen and oxygen atoms in total. The summed E-state index contributed by atoms with van der Waals surface area (Å²) in [5.41, 5.74) is 7.33. The van der Waals surface area contributed by atoms with E-state index in [1.807, 2.05) is 6.08 Å². The van der Waals surface area contributed by atoms with Crippen molar-refractivity contribution >= 4 is 34.4 Å². The number of aliphatic hydroxyl groups is 1. The summed E-state index contributed by atoms with van der Waals surface area (Å²) in [4.78, 5) is 16.8. The highest BCUT2D eigenvalue weighted by Crippen LogP contribution is 2.41. The average molecular weight is 506 g/mol. The van der Waals surface area contributed by atoms with Crippen LogP contribution in [-0.2, 0) is 9.47 Å². The number of hydrogen-bond acceptors (Lipinski definition) is 7. The molecule has 1 fully saturated rings. The zero-order valence-corrected chi connectivity index (χ0v) is 21.3. The van der Waals surface area contributed by atoms with Crippen LogP contribution in [0.5, 0.6) is 0 Å². The normalized spacial score (nSPS) is 16.2. The van der Waals surface area contributed by atoms with Crippen LogP contribution in [0.1, 0.15) is 45.0 Å². The fraction of sp³-hybridized carbons (Fsp3) is 0.500. The van der Waals surface area contributed by atoms with Crippen molar-refractivity contribution in [1.29, 1.82) is 0 Å². The van der Waals surface area contributed by atoms with Crippen molar-refractivity contribution in [2.45, 2.75) is 39.2 Å². The van der Waals surface area contributed by atoms with E-state index in [2.05, 4.69) is 11.8 Å². The third-order valence-corrected chi connectivity index (χ3v) is 6.16. The predicted molar refractivity (Wildman–Crippen MR) is 139 cm³/mol. The number of aliphatic hydroxyl groups excluding tert-OH is 1. The first-order valence-corrected chi connectivity index (χ1v) is 12.6. The molecule has 1 aliphatic heterocycles. The summed E-state index contributed by atoms with van der Waals surface area (Å²) in [6.45, 7) is 8.35. The van der Waals surface area contributed by atoms with E-state index in [1.54, 1.807) is 31.2 Å². The Hall–Kier alpha value is -2.52. The molecule has 1 amide bonds. The van der Waals surface area contributed by atoms with Crippen molar-refractivity contribution in [3.05, 3.63) is 52.9 Å². The minimum atomic E-state index is -1.19. The van der Waals surface area contributed by atoms with E-state index in [1.165, 1.54) is 11.1 Å². The number of carbonyl (C=O) groups is 1. The first-order chi connectivity index (χ1) is 17.0. The Labute approximate surface area is 211 Å². The molecule has 1 aromatic carbocycles. The van der Waals surface area contributed by atoms with Gasteiger partial charge in [0.15, 0.2) is 5.76 Å². The number of anilines is 1. The maximum absolute atomic E-state index is 13.0. The summed E-state index contributed by atoms with van der Waals surface area (Å²) in [5, 5.41) is 12.5. The summed E-state index contributed by atoms with van der Waals surface area (Å²) in [6, 6.07) is 5.17. The molecule has 0 radical (unpaired) electrons. The van der Waals surface area contributed by atoms with Crippen LogP contribution in [0, 0.1) is 0 Å². The van der Waals surface area contributed by atoms with Gasteiger partial charge >= 0.3 is 6.09 Å². The molecule has 1 aromatic heterocycles. The van der Waals surface area contributed by atoms with E-state index >= 15 is 0 Å². The second-order valence-electron chi connectivity index (χ2n) is 8.40. The smallest absolute Gasteiger partial charge is 0.414 e. The number of ether oxygens (including phenoxy) is 2. The summed E-state index contributed by atoms with van der Waals surface area (Å²) in [5.74, 6) is 0.222. The summed E-state index contributed by atoms with van der Waals surface area (Å²) in [7, 11) is 0. The number of benzene rings is 1. The lowest BCUT2D eigenvalue weighted by atomic mass is 10.0. The van der Waals surface area contributed by atoms with Crippen LogP contribution in [0.2, 0.25) is 5.02 Å². The van der Waals surface area contributed by atoms with Gasteiger partial charge in [-0.1, -0.05) is 43.5 Å². The van der Waals surface area contributed by atoms with Gasteiger partial charge in [0.05, 0.1) is 25.5 Å². The Bertz CT molecular complexity index is 1030. The van der Waals surface area contributed by atoms with E-state index in [-0.39, 0.29) is 12.4 Å². The van der Waals surface area contributed by atoms with Crippen molar-refractivity contribution in [3.63, 3.8) is 0 Å². The predicted octanol–water partition coefficient (Wildman–Crippen LogP) is 5.00. The number of rotatable bonds is 11. The number of nitrogens with two attached hydrogens (primary N) is 1. The van der Waals surface area contributed by atoms with Crippen LogP contribution >= 0.6 is 11.6 Å². The lowest BCUT2D eigenvalue weighted by molar-refractivity contribution is 0.0434. The molecule has 1 saturated heterocycles. The van der Waals surface area contributed by atoms with Crippen molar-refractivity contribution in [3.8, 4) is 0 Å². The number of furan rings is 1. The van der Waals surface area contributed by atoms with Crippen LogP contribution < -0.4 is 10.6 Å². The van der Waals surface area contributed by atoms with Crippen LogP contribution in [-0.4, -0.2) is 62.1 Å². The molecule has 35 heavy (non-hydrogen) atoms. The van der Waals surface area contributed by atoms with E-state index < -0.39 is 12.2 Å². The largest absolute Gasteiger partial charge is 0.456 e. The lowest BCUT2D eigenvalue weighted by Gasteiger charge is -2.25. The van der Waals surface area contributed by atoms with Crippen LogP contribution in [0.3, 0.4) is 0 Å². The van der Waals surface area contributed by atoms with Gasteiger partial charge in [-0.25, -0.2) is 4.79 Å². The Morgan fingerprint density at radius 3 is 2.77 bits per heavy atom. The highest BCUT2D eigenvalue weighted by atomic mass is 35.5. The van der Waals surface area contributed by atoms with E-state index in [9.17, 15) is 9.90 Å². The topological polar surface area (TPSA) is 101 Å². The molecule has 0 saturated carbocycles. The first kappa shape index (κ1) is 27.1. The molecule has 0 aliphatic carbocycles. The van der Waals surface area contributed by atoms with Crippen molar-refractivity contribution in [2.24, 2.45) is 5.73 Å². The maximum atomic E-state index is 13.0. The van der Waals surface area contributed by atoms with Gasteiger partial charge in [-0.05, 0) is 31.5 Å². The van der Waals surface area contributed by atoms with Crippen LogP contribution in [0.4, 0.5) is 10.5 Å². The lowest BCUT2D eigenvalue weighted by Crippen LogP contribution is -2.36. The highest BCUT2D eigenvalue weighted by molar-refractivity contribution is 6.31. The third-order valence-electron chi connectivity index (χ3n) is 5.93. The molecular weight excluding hydrogens is 470 g/mol. The molecule has 2 aromatic rings. The average Bonchev–Trinajstić information content (AvgIpc) is 3.23. The Morgan fingerprint density at radius 1 is 1.31 bits per heavy atom. The minimum absolute atomic E-state index is 0.222. The minimum Gasteiger partial charge on any atom is -0.456 e. The third kappa shape index (κ3) is 7.01. The van der Waals surface area contributed by atoms with Gasteiger partial charge in [0.25, 0.3) is 0 Å². The van der Waals surface area contributed by atoms with Crippen molar-refractivity contribution in [1.82, 2.24) is 4.90 Å². The Balaban J connectivity index is 1.97. The second-order valence-corrected chi connectivity index (χ2v) is 8.83. The summed E-state index contributed by atoms with van der Waals surface area (Å²) < 4.78 is 16.8. The standard InChI is InChI=1S/C26H36ClN3O5/c1-3-5-6-12-30(26(32)34-4-2)23-21-17-20(27)9-10-22(21)35-25(23)24(31)19(18-28)8-7-11-29-13-15-33-16-14-29/h7-10,17-18,24,31H,3-6,11-16,28H2,1-2H3. The van der Waals surface area contributed by atoms with Crippen LogP contribution in [0.25, 0.3) is 11.0 Å². The molecule has 1 aliphatic rings. The van der Waals surface area contributed by atoms with Gasteiger partial charge in [0.2, 0.25) is 0 Å². The van der Waals surface area contributed by atoms with Gasteiger partial charge in [-0.3, -0.25) is 9.80 Å². The van der Waals surface area contributed by atoms with Gasteiger partial charge in [0, 0.05) is 48.4 Å². The van der Waals surface area contributed by atoms with E-state index in [0.29, 0.717) is 53.6 Å². The molecule has 1 unspecified atom stereocenters. The molecule has 0 bridgehead atoms. The zero-order valence-electron chi connectivity index (χ0n) is 20.5. The number of unbranched alkanes of at least 4 members (excludes halogenated alkanes) is 2. The number of amides is 1. The van der Waals surface area contributed by atoms with Crippen molar-refractivity contribution < 1.29 is 23.8 Å². The summed E-state index contributed by atoms with van der Waals surface area (Å²) >= 11 is 6.29. The SMILES string of the molecule is CCCCCN(C(=O)OCC)c1c(C(O)C(C=CCN2CCOCC2)=CN)oc2ccc(Cl)cc12. The summed E-state index contributed by atoms with van der Waals surface area (Å²) in [6.07, 6.45) is 6.13. The molecular formula is C26H36ClN3O5. The molecule has 192 valence electrons. The molecule has 2 heterocycles. The van der Waals surface area contributed by atoms with E-state index in [4.69, 9.17) is 31.2 Å². The van der Waals surface area contributed by atoms with Crippen LogP contribution in [0.15, 0.2) is 46.5 Å². The monoisotopic (exact) mass is 505 g/mol. The second kappa shape index (κ2) is 13.5. The molecule has 3 N–H and O–H groups in total. The quantitative estimate of drug-likeness (QED) is 0.327. The molecule has 9 heteroatoms.